The molecule has 2 heterocycles. The summed E-state index contributed by atoms with van der Waals surface area (Å²) in [6.45, 7) is 7.36. The molecular weight excluding hydrogens is 284 g/mol. The van der Waals surface area contributed by atoms with Crippen molar-refractivity contribution in [2.24, 2.45) is 0 Å². The highest BCUT2D eigenvalue weighted by atomic mass is 16.4. The quantitative estimate of drug-likeness (QED) is 0.868. The van der Waals surface area contributed by atoms with E-state index in [0.717, 1.165) is 32.4 Å². The lowest BCUT2D eigenvalue weighted by Gasteiger charge is -2.13. The Labute approximate surface area is 130 Å². The van der Waals surface area contributed by atoms with Crippen molar-refractivity contribution in [2.45, 2.75) is 52.6 Å². The predicted molar refractivity (Wildman–Crippen MR) is 81.5 cm³/mol. The maximum Gasteiger partial charge on any atom is 0.315 e. The summed E-state index contributed by atoms with van der Waals surface area (Å²) in [4.78, 5) is 30.0. The standard InChI is InChI=1S/C15H24N4O3/c1-4-10(2)17-15(21)16-9-12-18-13(11(3)22-12)14(20)19-7-5-6-8-19/h10H,4-9H2,1-3H3,(H2,16,17,21). The largest absolute Gasteiger partial charge is 0.443 e. The van der Waals surface area contributed by atoms with Gasteiger partial charge in [0.15, 0.2) is 5.69 Å². The van der Waals surface area contributed by atoms with Gasteiger partial charge in [0.05, 0.1) is 6.54 Å². The zero-order valence-electron chi connectivity index (χ0n) is 13.4. The molecule has 7 heteroatoms. The van der Waals surface area contributed by atoms with Crippen LogP contribution in [0.25, 0.3) is 0 Å². The van der Waals surface area contributed by atoms with Gasteiger partial charge in [-0.2, -0.15) is 0 Å². The monoisotopic (exact) mass is 308 g/mol. The topological polar surface area (TPSA) is 87.5 Å². The second-order valence-corrected chi connectivity index (χ2v) is 5.65. The number of hydrogen-bond donors (Lipinski definition) is 2. The van der Waals surface area contributed by atoms with E-state index in [-0.39, 0.29) is 24.5 Å². The molecule has 0 spiro atoms. The van der Waals surface area contributed by atoms with E-state index in [1.54, 1.807) is 11.8 Å². The highest BCUT2D eigenvalue weighted by molar-refractivity contribution is 5.93. The van der Waals surface area contributed by atoms with Gasteiger partial charge in [0.2, 0.25) is 5.89 Å². The van der Waals surface area contributed by atoms with Crippen molar-refractivity contribution in [1.82, 2.24) is 20.5 Å². The zero-order chi connectivity index (χ0) is 16.1. The molecule has 1 unspecified atom stereocenters. The number of rotatable bonds is 5. The molecule has 2 N–H and O–H groups in total. The maximum atomic E-state index is 12.3. The molecule has 0 saturated carbocycles. The van der Waals surface area contributed by atoms with Crippen molar-refractivity contribution in [2.75, 3.05) is 13.1 Å². The summed E-state index contributed by atoms with van der Waals surface area (Å²) in [6, 6.07) is -0.156. The summed E-state index contributed by atoms with van der Waals surface area (Å²) < 4.78 is 5.48. The fourth-order valence-corrected chi connectivity index (χ4v) is 2.33. The molecule has 0 aliphatic carbocycles. The van der Waals surface area contributed by atoms with Crippen molar-refractivity contribution < 1.29 is 14.0 Å². The van der Waals surface area contributed by atoms with E-state index in [0.29, 0.717) is 17.3 Å². The van der Waals surface area contributed by atoms with Gasteiger partial charge in [-0.1, -0.05) is 6.92 Å². The van der Waals surface area contributed by atoms with Gasteiger partial charge in [-0.15, -0.1) is 0 Å². The number of aromatic nitrogens is 1. The Morgan fingerprint density at radius 1 is 1.36 bits per heavy atom. The number of likely N-dealkylation sites (tertiary alicyclic amines) is 1. The number of aryl methyl sites for hydroxylation is 1. The van der Waals surface area contributed by atoms with Gasteiger partial charge in [-0.25, -0.2) is 9.78 Å². The molecule has 0 aromatic carbocycles. The molecule has 0 bridgehead atoms. The summed E-state index contributed by atoms with van der Waals surface area (Å²) in [7, 11) is 0. The lowest BCUT2D eigenvalue weighted by Crippen LogP contribution is -2.40. The second-order valence-electron chi connectivity index (χ2n) is 5.65. The van der Waals surface area contributed by atoms with E-state index >= 15 is 0 Å². The van der Waals surface area contributed by atoms with Crippen LogP contribution < -0.4 is 10.6 Å². The molecule has 7 nitrogen and oxygen atoms in total. The van der Waals surface area contributed by atoms with Crippen LogP contribution in [0.3, 0.4) is 0 Å². The van der Waals surface area contributed by atoms with Gasteiger partial charge in [-0.3, -0.25) is 4.79 Å². The van der Waals surface area contributed by atoms with Crippen LogP contribution in [-0.2, 0) is 6.54 Å². The average Bonchev–Trinajstić information content (AvgIpc) is 3.14. The number of nitrogens with zero attached hydrogens (tertiary/aromatic N) is 2. The smallest absolute Gasteiger partial charge is 0.315 e. The number of carbonyl (C=O) groups excluding carboxylic acids is 2. The molecule has 22 heavy (non-hydrogen) atoms. The van der Waals surface area contributed by atoms with Crippen molar-refractivity contribution >= 4 is 11.9 Å². The van der Waals surface area contributed by atoms with E-state index in [9.17, 15) is 9.59 Å². The molecule has 1 aromatic heterocycles. The fourth-order valence-electron chi connectivity index (χ4n) is 2.33. The lowest BCUT2D eigenvalue weighted by molar-refractivity contribution is 0.0786. The van der Waals surface area contributed by atoms with E-state index in [1.807, 2.05) is 13.8 Å². The first kappa shape index (κ1) is 16.3. The van der Waals surface area contributed by atoms with Gasteiger partial charge in [0, 0.05) is 19.1 Å². The zero-order valence-corrected chi connectivity index (χ0v) is 13.4. The van der Waals surface area contributed by atoms with Gasteiger partial charge >= 0.3 is 6.03 Å². The van der Waals surface area contributed by atoms with Crippen LogP contribution in [0.2, 0.25) is 0 Å². The molecule has 122 valence electrons. The molecule has 1 fully saturated rings. The first-order chi connectivity index (χ1) is 10.5. The van der Waals surface area contributed by atoms with Crippen LogP contribution in [-0.4, -0.2) is 41.0 Å². The second kappa shape index (κ2) is 7.29. The number of urea groups is 1. The third kappa shape index (κ3) is 3.99. The Hall–Kier alpha value is -2.05. The highest BCUT2D eigenvalue weighted by Crippen LogP contribution is 2.16. The fraction of sp³-hybridized carbons (Fsp3) is 0.667. The van der Waals surface area contributed by atoms with Crippen LogP contribution in [0.4, 0.5) is 4.79 Å². The summed E-state index contributed by atoms with van der Waals surface area (Å²) in [6.07, 6.45) is 2.93. The number of carbonyl (C=O) groups is 2. The van der Waals surface area contributed by atoms with Crippen LogP contribution in [0.15, 0.2) is 4.42 Å². The van der Waals surface area contributed by atoms with E-state index in [4.69, 9.17) is 4.42 Å². The first-order valence-electron chi connectivity index (χ1n) is 7.81. The van der Waals surface area contributed by atoms with E-state index < -0.39 is 0 Å². The van der Waals surface area contributed by atoms with Crippen molar-refractivity contribution in [3.63, 3.8) is 0 Å². The third-order valence-corrected chi connectivity index (χ3v) is 3.83. The molecular formula is C15H24N4O3. The minimum atomic E-state index is -0.266. The Morgan fingerprint density at radius 2 is 2.05 bits per heavy atom. The number of hydrogen-bond acceptors (Lipinski definition) is 4. The molecule has 2 rings (SSSR count). The Morgan fingerprint density at radius 3 is 2.68 bits per heavy atom. The third-order valence-electron chi connectivity index (χ3n) is 3.83. The van der Waals surface area contributed by atoms with Crippen LogP contribution >= 0.6 is 0 Å². The molecule has 1 saturated heterocycles. The van der Waals surface area contributed by atoms with Gasteiger partial charge in [-0.05, 0) is 33.1 Å². The molecule has 0 radical (unpaired) electrons. The van der Waals surface area contributed by atoms with Gasteiger partial charge in [0.25, 0.3) is 5.91 Å². The van der Waals surface area contributed by atoms with Crippen molar-refractivity contribution in [3.05, 3.63) is 17.3 Å². The van der Waals surface area contributed by atoms with E-state index in [2.05, 4.69) is 15.6 Å². The molecule has 1 aromatic rings. The summed E-state index contributed by atoms with van der Waals surface area (Å²) in [5.41, 5.74) is 0.348. The molecule has 3 amide bonds. The summed E-state index contributed by atoms with van der Waals surface area (Å²) >= 11 is 0. The Bertz CT molecular complexity index is 535. The summed E-state index contributed by atoms with van der Waals surface area (Å²) in [5.74, 6) is 0.754. The maximum absolute atomic E-state index is 12.3. The SMILES string of the molecule is CCC(C)NC(=O)NCc1nc(C(=O)N2CCCC2)c(C)o1. The van der Waals surface area contributed by atoms with Crippen molar-refractivity contribution in [1.29, 1.82) is 0 Å². The number of oxazole rings is 1. The Kier molecular flexibility index (Phi) is 5.41. The molecule has 1 atom stereocenters. The van der Waals surface area contributed by atoms with Gasteiger partial charge < -0.3 is 20.0 Å². The van der Waals surface area contributed by atoms with Crippen LogP contribution in [0.5, 0.6) is 0 Å². The number of nitrogens with one attached hydrogen (secondary N) is 2. The van der Waals surface area contributed by atoms with E-state index in [1.165, 1.54) is 0 Å². The molecule has 1 aliphatic heterocycles. The lowest BCUT2D eigenvalue weighted by atomic mass is 10.3. The number of amides is 3. The first-order valence-corrected chi connectivity index (χ1v) is 7.81. The average molecular weight is 308 g/mol. The predicted octanol–water partition coefficient (Wildman–Crippen LogP) is 1.82. The normalized spacial score (nSPS) is 15.7. The van der Waals surface area contributed by atoms with Crippen LogP contribution in [0.1, 0.15) is 55.2 Å². The minimum absolute atomic E-state index is 0.0888. The molecule has 1 aliphatic rings. The Balaban J connectivity index is 1.92. The van der Waals surface area contributed by atoms with Gasteiger partial charge in [0.1, 0.15) is 5.76 Å². The highest BCUT2D eigenvalue weighted by Gasteiger charge is 2.25. The summed E-state index contributed by atoms with van der Waals surface area (Å²) in [5, 5.41) is 5.48. The van der Waals surface area contributed by atoms with Crippen molar-refractivity contribution in [3.8, 4) is 0 Å². The minimum Gasteiger partial charge on any atom is -0.443 e. The van der Waals surface area contributed by atoms with Crippen LogP contribution in [0, 0.1) is 6.92 Å².